The van der Waals surface area contributed by atoms with E-state index in [4.69, 9.17) is 4.74 Å². The van der Waals surface area contributed by atoms with Gasteiger partial charge in [-0.15, -0.1) is 0 Å². The van der Waals surface area contributed by atoms with Gasteiger partial charge in [0.25, 0.3) is 0 Å². The molecule has 0 unspecified atom stereocenters. The van der Waals surface area contributed by atoms with Crippen LogP contribution in [0, 0.1) is 0 Å². The molecule has 0 fully saturated rings. The highest BCUT2D eigenvalue weighted by atomic mass is 28.4. The zero-order valence-electron chi connectivity index (χ0n) is 16.8. The lowest BCUT2D eigenvalue weighted by Crippen LogP contribution is -2.42. The summed E-state index contributed by atoms with van der Waals surface area (Å²) in [6, 6.07) is 9.35. The minimum atomic E-state index is -2.31. The predicted octanol–water partition coefficient (Wildman–Crippen LogP) is 4.20. The average Bonchev–Trinajstić information content (AvgIpc) is 2.57. The molecule has 1 aromatic carbocycles. The first-order valence-electron chi connectivity index (χ1n) is 9.43. The van der Waals surface area contributed by atoms with Gasteiger partial charge >= 0.3 is 6.09 Å². The van der Waals surface area contributed by atoms with Gasteiger partial charge in [-0.3, -0.25) is 0 Å². The van der Waals surface area contributed by atoms with Crippen molar-refractivity contribution in [2.24, 2.45) is 0 Å². The summed E-state index contributed by atoms with van der Waals surface area (Å²) in [4.78, 5) is 22.6. The molecule has 0 aromatic heterocycles. The summed E-state index contributed by atoms with van der Waals surface area (Å²) in [5, 5.41) is 12.7. The molecule has 3 N–H and O–H groups in total. The summed E-state index contributed by atoms with van der Waals surface area (Å²) in [6.07, 6.45) is 1.67. The molecule has 6 heteroatoms. The molecule has 0 aliphatic carbocycles. The number of carbonyl (C=O) groups excluding carboxylic acids is 1. The lowest BCUT2D eigenvalue weighted by atomic mass is 9.97. The Morgan fingerprint density at radius 1 is 1.27 bits per heavy atom. The van der Waals surface area contributed by atoms with Crippen LogP contribution in [0.2, 0.25) is 18.1 Å². The van der Waals surface area contributed by atoms with Crippen molar-refractivity contribution in [3.63, 3.8) is 0 Å². The van der Waals surface area contributed by atoms with Crippen LogP contribution in [0.3, 0.4) is 0 Å². The minimum Gasteiger partial charge on any atom is -0.445 e. The first-order chi connectivity index (χ1) is 12.0. The smallest absolute Gasteiger partial charge is 0.407 e. The maximum Gasteiger partial charge on any atom is 0.407 e. The maximum absolute atomic E-state index is 12.2. The van der Waals surface area contributed by atoms with Crippen molar-refractivity contribution in [2.75, 3.05) is 0 Å². The molecule has 1 rings (SSSR count). The average molecular weight is 382 g/mol. The molecule has 1 amide bonds. The standard InChI is InChI=1S/C20H35NO4Si/c1-6-18(22)14-17(12-13-20(2,3)26(4,5)24)21-19(23)25-15-16-10-8-7-9-11-16/h7-11,17-18,22,24H,6,12-15H2,1-5H3,(H,21,23)/t17-,18+/m1/s1. The fourth-order valence-corrected chi connectivity index (χ4v) is 3.27. The number of amides is 1. The first kappa shape index (κ1) is 22.7. The summed E-state index contributed by atoms with van der Waals surface area (Å²) < 4.78 is 5.30. The molecule has 148 valence electrons. The van der Waals surface area contributed by atoms with Crippen LogP contribution in [0.15, 0.2) is 30.3 Å². The van der Waals surface area contributed by atoms with Gasteiger partial charge < -0.3 is 20.0 Å². The number of nitrogens with one attached hydrogen (secondary N) is 1. The Morgan fingerprint density at radius 2 is 1.88 bits per heavy atom. The van der Waals surface area contributed by atoms with E-state index in [0.29, 0.717) is 19.3 Å². The summed E-state index contributed by atoms with van der Waals surface area (Å²) in [6.45, 7) is 10.1. The molecule has 0 radical (unpaired) electrons. The Kier molecular flexibility index (Phi) is 8.80. The SMILES string of the molecule is CC[C@H](O)C[C@@H](CCC(C)(C)[Si](C)(C)O)NC(=O)OCc1ccccc1. The van der Waals surface area contributed by atoms with Crippen LogP contribution >= 0.6 is 0 Å². The normalized spacial score (nSPS) is 14.6. The van der Waals surface area contributed by atoms with Crippen LogP contribution in [-0.4, -0.2) is 36.5 Å². The molecule has 0 saturated heterocycles. The maximum atomic E-state index is 12.2. The third-order valence-corrected chi connectivity index (χ3v) is 8.90. The Hall–Kier alpha value is -1.37. The number of aliphatic hydroxyl groups is 1. The Morgan fingerprint density at radius 3 is 2.42 bits per heavy atom. The number of hydrogen-bond acceptors (Lipinski definition) is 4. The van der Waals surface area contributed by atoms with E-state index >= 15 is 0 Å². The zero-order chi connectivity index (χ0) is 19.8. The molecule has 0 heterocycles. The topological polar surface area (TPSA) is 78.8 Å². The summed E-state index contributed by atoms with van der Waals surface area (Å²) in [5.74, 6) is 0. The van der Waals surface area contributed by atoms with Gasteiger partial charge in [-0.2, -0.15) is 0 Å². The lowest BCUT2D eigenvalue weighted by molar-refractivity contribution is 0.118. The van der Waals surface area contributed by atoms with E-state index in [1.54, 1.807) is 0 Å². The lowest BCUT2D eigenvalue weighted by Gasteiger charge is -2.36. The highest BCUT2D eigenvalue weighted by Crippen LogP contribution is 2.40. The molecule has 0 aliphatic heterocycles. The highest BCUT2D eigenvalue weighted by molar-refractivity contribution is 6.72. The van der Waals surface area contributed by atoms with Gasteiger partial charge in [0.15, 0.2) is 8.32 Å². The van der Waals surface area contributed by atoms with Gasteiger partial charge in [0.1, 0.15) is 6.61 Å². The fourth-order valence-electron chi connectivity index (χ4n) is 2.52. The second kappa shape index (κ2) is 10.1. The molecular formula is C20H35NO4Si. The van der Waals surface area contributed by atoms with Gasteiger partial charge in [0, 0.05) is 6.04 Å². The fraction of sp³-hybridized carbons (Fsp3) is 0.650. The number of rotatable bonds is 10. The number of aliphatic hydroxyl groups excluding tert-OH is 1. The Bertz CT molecular complexity index is 542. The van der Waals surface area contributed by atoms with E-state index in [1.807, 2.05) is 50.3 Å². The molecule has 0 spiro atoms. The van der Waals surface area contributed by atoms with Crippen molar-refractivity contribution in [1.82, 2.24) is 5.32 Å². The summed E-state index contributed by atoms with van der Waals surface area (Å²) in [5.41, 5.74) is 0.932. The van der Waals surface area contributed by atoms with Crippen molar-refractivity contribution in [3.05, 3.63) is 35.9 Å². The number of benzene rings is 1. The predicted molar refractivity (Wildman–Crippen MR) is 107 cm³/mol. The van der Waals surface area contributed by atoms with Gasteiger partial charge in [0.2, 0.25) is 0 Å². The molecule has 1 aromatic rings. The summed E-state index contributed by atoms with van der Waals surface area (Å²) in [7, 11) is -2.31. The van der Waals surface area contributed by atoms with E-state index in [-0.39, 0.29) is 17.7 Å². The quantitative estimate of drug-likeness (QED) is 0.531. The van der Waals surface area contributed by atoms with Crippen LogP contribution in [0.4, 0.5) is 4.79 Å². The Labute approximate surface area is 158 Å². The minimum absolute atomic E-state index is 0.169. The van der Waals surface area contributed by atoms with Crippen LogP contribution < -0.4 is 5.32 Å². The van der Waals surface area contributed by atoms with Gasteiger partial charge in [-0.1, -0.05) is 51.1 Å². The molecule has 0 saturated carbocycles. The van der Waals surface area contributed by atoms with E-state index in [0.717, 1.165) is 12.0 Å². The first-order valence-corrected chi connectivity index (χ1v) is 12.4. The van der Waals surface area contributed by atoms with E-state index in [2.05, 4.69) is 19.2 Å². The van der Waals surface area contributed by atoms with Crippen molar-refractivity contribution in [3.8, 4) is 0 Å². The molecular weight excluding hydrogens is 346 g/mol. The second-order valence-corrected chi connectivity index (χ2v) is 12.7. The van der Waals surface area contributed by atoms with Gasteiger partial charge in [0.05, 0.1) is 6.10 Å². The van der Waals surface area contributed by atoms with Crippen molar-refractivity contribution in [2.45, 2.75) is 83.3 Å². The molecule has 0 aliphatic rings. The van der Waals surface area contributed by atoms with Gasteiger partial charge in [-0.25, -0.2) is 4.79 Å². The second-order valence-electron chi connectivity index (χ2n) is 8.18. The molecule has 0 bridgehead atoms. The van der Waals surface area contributed by atoms with E-state index < -0.39 is 20.5 Å². The molecule has 26 heavy (non-hydrogen) atoms. The number of hydrogen-bond donors (Lipinski definition) is 3. The van der Waals surface area contributed by atoms with Gasteiger partial charge in [-0.05, 0) is 49.4 Å². The number of alkyl carbamates (subject to hydrolysis) is 1. The molecule has 2 atom stereocenters. The van der Waals surface area contributed by atoms with E-state index in [1.165, 1.54) is 0 Å². The molecule has 5 nitrogen and oxygen atoms in total. The summed E-state index contributed by atoms with van der Waals surface area (Å²) >= 11 is 0. The van der Waals surface area contributed by atoms with Crippen LogP contribution in [0.5, 0.6) is 0 Å². The third kappa shape index (κ3) is 7.89. The third-order valence-electron chi connectivity index (χ3n) is 5.34. The Balaban J connectivity index is 2.60. The van der Waals surface area contributed by atoms with Crippen molar-refractivity contribution < 1.29 is 19.4 Å². The highest BCUT2D eigenvalue weighted by Gasteiger charge is 2.38. The van der Waals surface area contributed by atoms with Crippen molar-refractivity contribution in [1.29, 1.82) is 0 Å². The number of carbonyl (C=O) groups is 1. The zero-order valence-corrected chi connectivity index (χ0v) is 17.8. The van der Waals surface area contributed by atoms with Crippen LogP contribution in [0.1, 0.15) is 52.0 Å². The van der Waals surface area contributed by atoms with Crippen LogP contribution in [-0.2, 0) is 11.3 Å². The van der Waals surface area contributed by atoms with Crippen molar-refractivity contribution >= 4 is 14.4 Å². The largest absolute Gasteiger partial charge is 0.445 e. The monoisotopic (exact) mass is 381 g/mol. The van der Waals surface area contributed by atoms with E-state index in [9.17, 15) is 14.7 Å². The number of ether oxygens (including phenoxy) is 1. The van der Waals surface area contributed by atoms with Crippen LogP contribution in [0.25, 0.3) is 0 Å².